The van der Waals surface area contributed by atoms with Gasteiger partial charge in [-0.2, -0.15) is 5.26 Å². The molecule has 0 saturated heterocycles. The molecule has 0 spiro atoms. The van der Waals surface area contributed by atoms with Gasteiger partial charge in [-0.15, -0.1) is 11.3 Å². The van der Waals surface area contributed by atoms with Crippen molar-refractivity contribution in [2.24, 2.45) is 0 Å². The zero-order valence-electron chi connectivity index (χ0n) is 13.0. The number of methoxy groups -OCH3 is 1. The van der Waals surface area contributed by atoms with E-state index in [9.17, 15) is 4.79 Å². The first-order valence-electron chi connectivity index (χ1n) is 7.12. The molecule has 0 saturated carbocycles. The number of ether oxygens (including phenoxy) is 2. The highest BCUT2D eigenvalue weighted by atomic mass is 35.5. The van der Waals surface area contributed by atoms with Gasteiger partial charge in [0.2, 0.25) is 0 Å². The molecule has 0 atom stereocenters. The summed E-state index contributed by atoms with van der Waals surface area (Å²) in [5.74, 6) is -0.0624. The summed E-state index contributed by atoms with van der Waals surface area (Å²) < 4.78 is 10.5. The fraction of sp³-hybridized carbons (Fsp3) is 0.0556. The van der Waals surface area contributed by atoms with Crippen LogP contribution in [0.15, 0.2) is 47.8 Å². The van der Waals surface area contributed by atoms with Crippen molar-refractivity contribution in [2.75, 3.05) is 7.11 Å². The van der Waals surface area contributed by atoms with E-state index in [1.807, 2.05) is 18.2 Å². The first-order chi connectivity index (χ1) is 12.1. The van der Waals surface area contributed by atoms with E-state index in [1.54, 1.807) is 23.6 Å². The lowest BCUT2D eigenvalue weighted by atomic mass is 10.2. The third kappa shape index (κ3) is 3.79. The van der Waals surface area contributed by atoms with Crippen LogP contribution >= 0.6 is 22.9 Å². The number of nitriles is 1. The van der Waals surface area contributed by atoms with Gasteiger partial charge in [0.15, 0.2) is 17.2 Å². The lowest BCUT2D eigenvalue weighted by molar-refractivity contribution is 0.0724. The smallest absolute Gasteiger partial charge is 0.363 e. The summed E-state index contributed by atoms with van der Waals surface area (Å²) in [5.41, 5.74) is 1.47. The average molecular weight is 371 g/mol. The van der Waals surface area contributed by atoms with E-state index >= 15 is 0 Å². The lowest BCUT2D eigenvalue weighted by Gasteiger charge is -2.08. The van der Waals surface area contributed by atoms with Crippen LogP contribution in [0.25, 0.3) is 10.6 Å². The van der Waals surface area contributed by atoms with Crippen molar-refractivity contribution in [1.29, 1.82) is 5.26 Å². The van der Waals surface area contributed by atoms with Gasteiger partial charge in [-0.1, -0.05) is 23.7 Å². The number of halogens is 1. The third-order valence-electron chi connectivity index (χ3n) is 3.30. The maximum atomic E-state index is 12.3. The molecular weight excluding hydrogens is 360 g/mol. The monoisotopic (exact) mass is 370 g/mol. The normalized spacial score (nSPS) is 10.1. The van der Waals surface area contributed by atoms with E-state index in [1.165, 1.54) is 30.6 Å². The van der Waals surface area contributed by atoms with Gasteiger partial charge >= 0.3 is 5.97 Å². The Balaban J connectivity index is 1.81. The van der Waals surface area contributed by atoms with E-state index in [4.69, 9.17) is 26.3 Å². The molecule has 0 radical (unpaired) electrons. The lowest BCUT2D eigenvalue weighted by Crippen LogP contribution is -2.09. The third-order valence-corrected chi connectivity index (χ3v) is 4.44. The van der Waals surface area contributed by atoms with Gasteiger partial charge in [0.05, 0.1) is 18.7 Å². The summed E-state index contributed by atoms with van der Waals surface area (Å²) in [5, 5.41) is 11.9. The van der Waals surface area contributed by atoms with Gasteiger partial charge < -0.3 is 9.47 Å². The van der Waals surface area contributed by atoms with Gasteiger partial charge in [-0.25, -0.2) is 9.78 Å². The SMILES string of the molecule is COc1cc(C#N)ccc1OC(=O)c1csc(-c2ccc(Cl)cc2)n1. The topological polar surface area (TPSA) is 72.2 Å². The van der Waals surface area contributed by atoms with Crippen LogP contribution in [-0.4, -0.2) is 18.1 Å². The number of rotatable bonds is 4. The second-order valence-corrected chi connectivity index (χ2v) is 6.21. The van der Waals surface area contributed by atoms with E-state index in [0.717, 1.165) is 5.56 Å². The summed E-state index contributed by atoms with van der Waals surface area (Å²) in [6, 6.07) is 13.8. The first kappa shape index (κ1) is 17.0. The number of hydrogen-bond donors (Lipinski definition) is 0. The van der Waals surface area contributed by atoms with Gasteiger partial charge in [-0.05, 0) is 24.3 Å². The van der Waals surface area contributed by atoms with Crippen molar-refractivity contribution in [1.82, 2.24) is 4.98 Å². The molecule has 0 aliphatic rings. The van der Waals surface area contributed by atoms with Crippen LogP contribution in [0.4, 0.5) is 0 Å². The largest absolute Gasteiger partial charge is 0.493 e. The number of aromatic nitrogens is 1. The molecule has 0 amide bonds. The minimum Gasteiger partial charge on any atom is -0.493 e. The van der Waals surface area contributed by atoms with E-state index in [-0.39, 0.29) is 11.4 Å². The molecule has 1 aromatic heterocycles. The van der Waals surface area contributed by atoms with Crippen LogP contribution < -0.4 is 9.47 Å². The maximum Gasteiger partial charge on any atom is 0.363 e. The van der Waals surface area contributed by atoms with Crippen LogP contribution in [0.1, 0.15) is 16.1 Å². The summed E-state index contributed by atoms with van der Waals surface area (Å²) in [6.45, 7) is 0. The van der Waals surface area contributed by atoms with Gasteiger partial charge in [0.1, 0.15) is 5.01 Å². The number of carbonyl (C=O) groups is 1. The van der Waals surface area contributed by atoms with Crippen LogP contribution in [0.3, 0.4) is 0 Å². The Labute approximate surface area is 153 Å². The summed E-state index contributed by atoms with van der Waals surface area (Å²) in [6.07, 6.45) is 0. The van der Waals surface area contributed by atoms with E-state index in [0.29, 0.717) is 21.3 Å². The van der Waals surface area contributed by atoms with Crippen LogP contribution in [0, 0.1) is 11.3 Å². The molecule has 0 aliphatic carbocycles. The molecule has 25 heavy (non-hydrogen) atoms. The predicted octanol–water partition coefficient (Wildman–Crippen LogP) is 4.56. The van der Waals surface area contributed by atoms with Crippen LogP contribution in [-0.2, 0) is 0 Å². The molecule has 0 unspecified atom stereocenters. The van der Waals surface area contributed by atoms with Crippen molar-refractivity contribution >= 4 is 28.9 Å². The molecule has 7 heteroatoms. The zero-order chi connectivity index (χ0) is 17.8. The van der Waals surface area contributed by atoms with Crippen molar-refractivity contribution in [3.8, 4) is 28.1 Å². The molecule has 0 bridgehead atoms. The van der Waals surface area contributed by atoms with Crippen molar-refractivity contribution in [3.05, 3.63) is 64.1 Å². The predicted molar refractivity (Wildman–Crippen MR) is 95.2 cm³/mol. The highest BCUT2D eigenvalue weighted by Gasteiger charge is 2.17. The fourth-order valence-electron chi connectivity index (χ4n) is 2.07. The highest BCUT2D eigenvalue weighted by molar-refractivity contribution is 7.13. The summed E-state index contributed by atoms with van der Waals surface area (Å²) in [7, 11) is 1.44. The number of hydrogen-bond acceptors (Lipinski definition) is 6. The molecule has 3 aromatic rings. The quantitative estimate of drug-likeness (QED) is 0.497. The van der Waals surface area contributed by atoms with Crippen molar-refractivity contribution in [3.63, 3.8) is 0 Å². The molecule has 1 heterocycles. The number of esters is 1. The molecule has 0 N–H and O–H groups in total. The summed E-state index contributed by atoms with van der Waals surface area (Å²) >= 11 is 7.21. The first-order valence-corrected chi connectivity index (χ1v) is 8.38. The Morgan fingerprint density at radius 1 is 1.20 bits per heavy atom. The molecule has 0 fully saturated rings. The van der Waals surface area contributed by atoms with E-state index < -0.39 is 5.97 Å². The second kappa shape index (κ2) is 7.34. The molecule has 3 rings (SSSR count). The standard InChI is InChI=1S/C18H11ClN2O3S/c1-23-16-8-11(9-20)2-7-15(16)24-18(22)14-10-25-17(21-14)12-3-5-13(19)6-4-12/h2-8,10H,1H3. The Morgan fingerprint density at radius 3 is 2.64 bits per heavy atom. The zero-order valence-corrected chi connectivity index (χ0v) is 14.6. The Morgan fingerprint density at radius 2 is 1.96 bits per heavy atom. The van der Waals surface area contributed by atoms with E-state index in [2.05, 4.69) is 4.98 Å². The molecule has 0 aliphatic heterocycles. The van der Waals surface area contributed by atoms with Crippen molar-refractivity contribution < 1.29 is 14.3 Å². The van der Waals surface area contributed by atoms with Gasteiger partial charge in [0.25, 0.3) is 0 Å². The number of benzene rings is 2. The number of nitrogens with zero attached hydrogens (tertiary/aromatic N) is 2. The maximum absolute atomic E-state index is 12.3. The Bertz CT molecular complexity index is 961. The summed E-state index contributed by atoms with van der Waals surface area (Å²) in [4.78, 5) is 16.6. The minimum atomic E-state index is -0.598. The number of thiazole rings is 1. The molecule has 124 valence electrons. The van der Waals surface area contributed by atoms with Crippen molar-refractivity contribution in [2.45, 2.75) is 0 Å². The Hall–Kier alpha value is -2.88. The Kier molecular flexibility index (Phi) is 4.98. The van der Waals surface area contributed by atoms with Crippen LogP contribution in [0.5, 0.6) is 11.5 Å². The van der Waals surface area contributed by atoms with Crippen LogP contribution in [0.2, 0.25) is 5.02 Å². The van der Waals surface area contributed by atoms with Gasteiger partial charge in [-0.3, -0.25) is 0 Å². The second-order valence-electron chi connectivity index (χ2n) is 4.91. The molecule has 5 nitrogen and oxygen atoms in total. The minimum absolute atomic E-state index is 0.196. The average Bonchev–Trinajstić information content (AvgIpc) is 3.13. The van der Waals surface area contributed by atoms with Gasteiger partial charge in [0, 0.05) is 22.0 Å². The number of carbonyl (C=O) groups excluding carboxylic acids is 1. The highest BCUT2D eigenvalue weighted by Crippen LogP contribution is 2.30. The fourth-order valence-corrected chi connectivity index (χ4v) is 2.99. The molecule has 2 aromatic carbocycles. The molecular formula is C18H11ClN2O3S.